The Labute approximate surface area is 136 Å². The molecule has 0 aliphatic carbocycles. The molecular formula is C15H11Cl3N2O. The maximum Gasteiger partial charge on any atom is 0.155 e. The fourth-order valence-electron chi connectivity index (χ4n) is 2.06. The average molecular weight is 342 g/mol. The van der Waals surface area contributed by atoms with Crippen molar-refractivity contribution in [2.24, 2.45) is 0 Å². The number of furan rings is 1. The zero-order valence-electron chi connectivity index (χ0n) is 11.1. The second-order valence-electron chi connectivity index (χ2n) is 4.47. The molecule has 0 aliphatic rings. The predicted octanol–water partition coefficient (Wildman–Crippen LogP) is 5.89. The van der Waals surface area contributed by atoms with Crippen molar-refractivity contribution >= 4 is 51.6 Å². The quantitative estimate of drug-likeness (QED) is 0.645. The number of pyridine rings is 1. The highest BCUT2D eigenvalue weighted by Crippen LogP contribution is 2.35. The van der Waals surface area contributed by atoms with Crippen molar-refractivity contribution in [2.45, 2.75) is 6.92 Å². The van der Waals surface area contributed by atoms with Gasteiger partial charge in [0, 0.05) is 17.0 Å². The maximum absolute atomic E-state index is 6.23. The molecule has 0 spiro atoms. The van der Waals surface area contributed by atoms with Gasteiger partial charge in [0.1, 0.15) is 17.1 Å². The van der Waals surface area contributed by atoms with Gasteiger partial charge in [-0.1, -0.05) is 34.8 Å². The molecule has 2 aromatic heterocycles. The number of hydrogen-bond donors (Lipinski definition) is 1. The van der Waals surface area contributed by atoms with Gasteiger partial charge in [-0.2, -0.15) is 0 Å². The highest BCUT2D eigenvalue weighted by atomic mass is 35.5. The summed E-state index contributed by atoms with van der Waals surface area (Å²) in [5.41, 5.74) is 1.27. The molecule has 0 aliphatic heterocycles. The van der Waals surface area contributed by atoms with E-state index < -0.39 is 0 Å². The van der Waals surface area contributed by atoms with Crippen molar-refractivity contribution in [1.82, 2.24) is 4.98 Å². The minimum absolute atomic E-state index is 0.437. The first-order chi connectivity index (χ1) is 10.1. The van der Waals surface area contributed by atoms with Gasteiger partial charge in [0.15, 0.2) is 5.76 Å². The number of nitrogens with one attached hydrogen (secondary N) is 1. The fraction of sp³-hybridized carbons (Fsp3) is 0.133. The van der Waals surface area contributed by atoms with Crippen LogP contribution in [0.5, 0.6) is 0 Å². The number of benzene rings is 1. The lowest BCUT2D eigenvalue weighted by atomic mass is 10.2. The Morgan fingerprint density at radius 1 is 1.10 bits per heavy atom. The number of anilines is 1. The van der Waals surface area contributed by atoms with Crippen molar-refractivity contribution in [1.29, 1.82) is 0 Å². The summed E-state index contributed by atoms with van der Waals surface area (Å²) in [5, 5.41) is 5.55. The minimum Gasteiger partial charge on any atom is -0.454 e. The summed E-state index contributed by atoms with van der Waals surface area (Å²) in [6, 6.07) is 8.94. The fourth-order valence-corrected chi connectivity index (χ4v) is 2.76. The van der Waals surface area contributed by atoms with Crippen molar-refractivity contribution in [2.75, 3.05) is 11.9 Å². The van der Waals surface area contributed by atoms with E-state index in [0.29, 0.717) is 38.9 Å². The molecule has 0 bridgehead atoms. The molecule has 0 radical (unpaired) electrons. The van der Waals surface area contributed by atoms with Crippen LogP contribution >= 0.6 is 34.8 Å². The zero-order valence-corrected chi connectivity index (χ0v) is 13.4. The summed E-state index contributed by atoms with van der Waals surface area (Å²) in [6.45, 7) is 2.68. The first-order valence-electron chi connectivity index (χ1n) is 6.38. The normalized spacial score (nSPS) is 11.0. The minimum atomic E-state index is 0.437. The number of nitrogens with zero attached hydrogens (tertiary/aromatic N) is 1. The topological polar surface area (TPSA) is 38.1 Å². The molecule has 1 N–H and O–H groups in total. The van der Waals surface area contributed by atoms with E-state index in [-0.39, 0.29) is 0 Å². The molecule has 0 amide bonds. The number of rotatable bonds is 3. The summed E-state index contributed by atoms with van der Waals surface area (Å²) in [4.78, 5) is 4.45. The lowest BCUT2D eigenvalue weighted by Gasteiger charge is -2.08. The molecule has 0 atom stereocenters. The standard InChI is InChI=1S/C15H11Cl3N2O/c1-2-19-15-11(18)7-10(17)14(20-15)13-6-8-5-9(16)3-4-12(8)21-13/h3-7H,2H2,1H3,(H,19,20). The van der Waals surface area contributed by atoms with Crippen LogP contribution in [0.25, 0.3) is 22.4 Å². The lowest BCUT2D eigenvalue weighted by Crippen LogP contribution is -2.01. The van der Waals surface area contributed by atoms with E-state index >= 15 is 0 Å². The van der Waals surface area contributed by atoms with Crippen LogP contribution in [0.2, 0.25) is 15.1 Å². The monoisotopic (exact) mass is 340 g/mol. The molecule has 0 fully saturated rings. The van der Waals surface area contributed by atoms with E-state index in [4.69, 9.17) is 39.2 Å². The number of hydrogen-bond acceptors (Lipinski definition) is 3. The second kappa shape index (κ2) is 5.76. The summed E-state index contributed by atoms with van der Waals surface area (Å²) >= 11 is 18.3. The van der Waals surface area contributed by atoms with Gasteiger partial charge in [-0.05, 0) is 37.3 Å². The van der Waals surface area contributed by atoms with E-state index in [0.717, 1.165) is 11.0 Å². The third-order valence-corrected chi connectivity index (χ3v) is 3.80. The van der Waals surface area contributed by atoms with Crippen LogP contribution in [-0.4, -0.2) is 11.5 Å². The van der Waals surface area contributed by atoms with Crippen molar-refractivity contribution in [3.05, 3.63) is 45.4 Å². The molecule has 21 heavy (non-hydrogen) atoms. The third-order valence-electron chi connectivity index (χ3n) is 2.99. The molecular weight excluding hydrogens is 331 g/mol. The summed E-state index contributed by atoms with van der Waals surface area (Å²) in [6.07, 6.45) is 0. The smallest absolute Gasteiger partial charge is 0.155 e. The molecule has 1 aromatic carbocycles. The van der Waals surface area contributed by atoms with Gasteiger partial charge < -0.3 is 9.73 Å². The Balaban J connectivity index is 2.15. The number of fused-ring (bicyclic) bond motifs is 1. The highest BCUT2D eigenvalue weighted by Gasteiger charge is 2.15. The van der Waals surface area contributed by atoms with E-state index in [2.05, 4.69) is 10.3 Å². The van der Waals surface area contributed by atoms with Crippen LogP contribution in [0, 0.1) is 0 Å². The SMILES string of the molecule is CCNc1nc(-c2cc3cc(Cl)ccc3o2)c(Cl)cc1Cl. The van der Waals surface area contributed by atoms with Crippen molar-refractivity contribution in [3.8, 4) is 11.5 Å². The van der Waals surface area contributed by atoms with Crippen LogP contribution in [0.1, 0.15) is 6.92 Å². The molecule has 108 valence electrons. The summed E-state index contributed by atoms with van der Waals surface area (Å²) < 4.78 is 5.79. The van der Waals surface area contributed by atoms with Crippen LogP contribution in [0.4, 0.5) is 5.82 Å². The Morgan fingerprint density at radius 2 is 1.90 bits per heavy atom. The Morgan fingerprint density at radius 3 is 2.67 bits per heavy atom. The first kappa shape index (κ1) is 14.5. The van der Waals surface area contributed by atoms with Crippen molar-refractivity contribution < 1.29 is 4.42 Å². The van der Waals surface area contributed by atoms with Gasteiger partial charge >= 0.3 is 0 Å². The predicted molar refractivity (Wildman–Crippen MR) is 88.6 cm³/mol. The van der Waals surface area contributed by atoms with Crippen LogP contribution < -0.4 is 5.32 Å². The molecule has 3 nitrogen and oxygen atoms in total. The second-order valence-corrected chi connectivity index (χ2v) is 5.72. The summed E-state index contributed by atoms with van der Waals surface area (Å²) in [7, 11) is 0. The third kappa shape index (κ3) is 2.82. The molecule has 6 heteroatoms. The molecule has 0 saturated carbocycles. The van der Waals surface area contributed by atoms with Gasteiger partial charge in [0.25, 0.3) is 0 Å². The van der Waals surface area contributed by atoms with Gasteiger partial charge in [-0.3, -0.25) is 0 Å². The molecule has 3 aromatic rings. The van der Waals surface area contributed by atoms with Crippen molar-refractivity contribution in [3.63, 3.8) is 0 Å². The van der Waals surface area contributed by atoms with E-state index in [9.17, 15) is 0 Å². The molecule has 0 unspecified atom stereocenters. The van der Waals surface area contributed by atoms with E-state index in [1.165, 1.54) is 0 Å². The molecule has 2 heterocycles. The Kier molecular flexibility index (Phi) is 3.98. The van der Waals surface area contributed by atoms with Crippen LogP contribution in [0.3, 0.4) is 0 Å². The van der Waals surface area contributed by atoms with Crippen LogP contribution in [0.15, 0.2) is 34.7 Å². The first-order valence-corrected chi connectivity index (χ1v) is 7.51. The zero-order chi connectivity index (χ0) is 15.0. The molecule has 3 rings (SSSR count). The van der Waals surface area contributed by atoms with Gasteiger partial charge in [-0.15, -0.1) is 0 Å². The van der Waals surface area contributed by atoms with Gasteiger partial charge in [0.05, 0.1) is 10.0 Å². The maximum atomic E-state index is 6.23. The number of aromatic nitrogens is 1. The van der Waals surface area contributed by atoms with Gasteiger partial charge in [-0.25, -0.2) is 4.98 Å². The number of halogens is 3. The molecule has 0 saturated heterocycles. The largest absolute Gasteiger partial charge is 0.454 e. The van der Waals surface area contributed by atoms with E-state index in [1.54, 1.807) is 12.1 Å². The summed E-state index contributed by atoms with van der Waals surface area (Å²) in [5.74, 6) is 1.16. The lowest BCUT2D eigenvalue weighted by molar-refractivity contribution is 0.629. The average Bonchev–Trinajstić information content (AvgIpc) is 2.84. The Hall–Kier alpha value is -1.42. The highest BCUT2D eigenvalue weighted by molar-refractivity contribution is 6.37. The Bertz CT molecular complexity index is 814. The van der Waals surface area contributed by atoms with E-state index in [1.807, 2.05) is 25.1 Å². The van der Waals surface area contributed by atoms with Crippen LogP contribution in [-0.2, 0) is 0 Å². The van der Waals surface area contributed by atoms with Gasteiger partial charge in [0.2, 0.25) is 0 Å².